The summed E-state index contributed by atoms with van der Waals surface area (Å²) in [5.74, 6) is 1.49. The van der Waals surface area contributed by atoms with Gasteiger partial charge < -0.3 is 15.0 Å². The number of nitrogens with zero attached hydrogens (tertiary/aromatic N) is 5. The molecule has 0 fully saturated rings. The van der Waals surface area contributed by atoms with Gasteiger partial charge in [0.15, 0.2) is 0 Å². The predicted molar refractivity (Wildman–Crippen MR) is 95.3 cm³/mol. The second-order valence-electron chi connectivity index (χ2n) is 5.14. The molecule has 0 bridgehead atoms. The molecule has 0 radical (unpaired) electrons. The average molecular weight is 332 g/mol. The van der Waals surface area contributed by atoms with Crippen molar-refractivity contribution < 1.29 is 4.74 Å². The number of hydrogen-bond donors (Lipinski definition) is 1. The number of nitrogens with one attached hydrogen (secondary N) is 1. The van der Waals surface area contributed by atoms with E-state index in [1.165, 1.54) is 0 Å². The van der Waals surface area contributed by atoms with Crippen LogP contribution in [0.4, 0.5) is 23.3 Å². The second-order valence-corrected chi connectivity index (χ2v) is 5.14. The Labute approximate surface area is 145 Å². The highest BCUT2D eigenvalue weighted by molar-refractivity contribution is 5.60. The maximum atomic E-state index is 9.21. The highest BCUT2D eigenvalue weighted by Crippen LogP contribution is 2.24. The van der Waals surface area contributed by atoms with Crippen LogP contribution in [0.15, 0.2) is 54.6 Å². The van der Waals surface area contributed by atoms with Crippen LogP contribution in [0.5, 0.6) is 5.75 Å². The minimum atomic E-state index is 0.0452. The van der Waals surface area contributed by atoms with E-state index in [1.807, 2.05) is 67.7 Å². The van der Waals surface area contributed by atoms with Crippen LogP contribution in [0.3, 0.4) is 0 Å². The molecule has 1 aromatic heterocycles. The molecule has 1 N–H and O–H groups in total. The standard InChI is InChI=1S/C18H16N6O/c1-24(14-8-10-15(25-2)11-9-14)18-22-16(12-19)21-17(23-18)20-13-6-4-3-5-7-13/h3-11H,1-2H3,(H,20,21,22,23). The number of methoxy groups -OCH3 is 1. The molecule has 124 valence electrons. The lowest BCUT2D eigenvalue weighted by molar-refractivity contribution is 0.415. The van der Waals surface area contributed by atoms with Crippen LogP contribution in [0.25, 0.3) is 0 Å². The van der Waals surface area contributed by atoms with Gasteiger partial charge in [-0.25, -0.2) is 0 Å². The molecular formula is C18H16N6O. The van der Waals surface area contributed by atoms with E-state index in [9.17, 15) is 5.26 Å². The van der Waals surface area contributed by atoms with Gasteiger partial charge in [0.1, 0.15) is 11.8 Å². The summed E-state index contributed by atoms with van der Waals surface area (Å²) in [4.78, 5) is 14.5. The Morgan fingerprint density at radius 3 is 2.36 bits per heavy atom. The summed E-state index contributed by atoms with van der Waals surface area (Å²) in [6.45, 7) is 0. The predicted octanol–water partition coefficient (Wildman–Crippen LogP) is 3.26. The van der Waals surface area contributed by atoms with Crippen molar-refractivity contribution in [2.75, 3.05) is 24.4 Å². The van der Waals surface area contributed by atoms with Crippen LogP contribution < -0.4 is 15.0 Å². The molecule has 0 aliphatic carbocycles. The summed E-state index contributed by atoms with van der Waals surface area (Å²) in [6, 6.07) is 18.9. The number of anilines is 4. The van der Waals surface area contributed by atoms with Gasteiger partial charge in [0.25, 0.3) is 0 Å². The molecule has 0 saturated heterocycles. The van der Waals surface area contributed by atoms with Crippen LogP contribution in [0, 0.1) is 11.3 Å². The first-order chi connectivity index (χ1) is 12.2. The molecule has 2 aromatic carbocycles. The first kappa shape index (κ1) is 16.2. The van der Waals surface area contributed by atoms with Crippen molar-refractivity contribution in [2.24, 2.45) is 0 Å². The normalized spacial score (nSPS) is 9.96. The smallest absolute Gasteiger partial charge is 0.238 e. The number of para-hydroxylation sites is 1. The largest absolute Gasteiger partial charge is 0.497 e. The molecule has 1 heterocycles. The Kier molecular flexibility index (Phi) is 4.72. The van der Waals surface area contributed by atoms with Crippen molar-refractivity contribution in [3.63, 3.8) is 0 Å². The van der Waals surface area contributed by atoms with Gasteiger partial charge in [0.2, 0.25) is 17.7 Å². The van der Waals surface area contributed by atoms with Gasteiger partial charge in [0.05, 0.1) is 7.11 Å². The Morgan fingerprint density at radius 1 is 1.00 bits per heavy atom. The minimum Gasteiger partial charge on any atom is -0.497 e. The fourth-order valence-electron chi connectivity index (χ4n) is 2.19. The maximum Gasteiger partial charge on any atom is 0.238 e. The molecule has 25 heavy (non-hydrogen) atoms. The first-order valence-electron chi connectivity index (χ1n) is 7.55. The number of benzene rings is 2. The van der Waals surface area contributed by atoms with Gasteiger partial charge in [-0.15, -0.1) is 0 Å². The molecule has 3 aromatic rings. The van der Waals surface area contributed by atoms with Gasteiger partial charge in [-0.05, 0) is 36.4 Å². The lowest BCUT2D eigenvalue weighted by Crippen LogP contribution is -2.15. The van der Waals surface area contributed by atoms with Crippen LogP contribution in [0.2, 0.25) is 0 Å². The average Bonchev–Trinajstić information content (AvgIpc) is 2.68. The Balaban J connectivity index is 1.92. The number of rotatable bonds is 5. The number of ether oxygens (including phenoxy) is 1. The minimum absolute atomic E-state index is 0.0452. The molecule has 7 heteroatoms. The third kappa shape index (κ3) is 3.82. The Hall–Kier alpha value is -3.66. The molecule has 7 nitrogen and oxygen atoms in total. The highest BCUT2D eigenvalue weighted by atomic mass is 16.5. The monoisotopic (exact) mass is 332 g/mol. The molecule has 0 amide bonds. The number of aromatic nitrogens is 3. The van der Waals surface area contributed by atoms with Gasteiger partial charge in [-0.1, -0.05) is 18.2 Å². The quantitative estimate of drug-likeness (QED) is 0.767. The zero-order valence-electron chi connectivity index (χ0n) is 13.8. The van der Waals surface area contributed by atoms with E-state index in [-0.39, 0.29) is 5.82 Å². The van der Waals surface area contributed by atoms with Crippen molar-refractivity contribution in [3.8, 4) is 11.8 Å². The van der Waals surface area contributed by atoms with Crippen LogP contribution in [-0.2, 0) is 0 Å². The van der Waals surface area contributed by atoms with E-state index in [0.29, 0.717) is 11.9 Å². The van der Waals surface area contributed by atoms with Crippen molar-refractivity contribution in [3.05, 3.63) is 60.4 Å². The molecule has 0 aliphatic heterocycles. The van der Waals surface area contributed by atoms with Gasteiger partial charge in [0, 0.05) is 18.4 Å². The lowest BCUT2D eigenvalue weighted by atomic mass is 10.3. The molecule has 0 spiro atoms. The topological polar surface area (TPSA) is 87.0 Å². The molecule has 3 rings (SSSR count). The summed E-state index contributed by atoms with van der Waals surface area (Å²) in [5, 5.41) is 12.3. The van der Waals surface area contributed by atoms with Crippen molar-refractivity contribution >= 4 is 23.3 Å². The van der Waals surface area contributed by atoms with E-state index in [1.54, 1.807) is 12.0 Å². The second kappa shape index (κ2) is 7.27. The van der Waals surface area contributed by atoms with Crippen molar-refractivity contribution in [2.45, 2.75) is 0 Å². The van der Waals surface area contributed by atoms with Crippen LogP contribution in [0.1, 0.15) is 5.82 Å². The van der Waals surface area contributed by atoms with Gasteiger partial charge in [-0.3, -0.25) is 0 Å². The third-order valence-electron chi connectivity index (χ3n) is 3.51. The fraction of sp³-hybridized carbons (Fsp3) is 0.111. The third-order valence-corrected chi connectivity index (χ3v) is 3.51. The molecule has 0 atom stereocenters. The zero-order chi connectivity index (χ0) is 17.6. The van der Waals surface area contributed by atoms with E-state index < -0.39 is 0 Å². The number of nitriles is 1. The van der Waals surface area contributed by atoms with Crippen molar-refractivity contribution in [1.29, 1.82) is 5.26 Å². The van der Waals surface area contributed by atoms with E-state index in [0.717, 1.165) is 17.1 Å². The van der Waals surface area contributed by atoms with E-state index >= 15 is 0 Å². The highest BCUT2D eigenvalue weighted by Gasteiger charge is 2.12. The summed E-state index contributed by atoms with van der Waals surface area (Å²) >= 11 is 0. The summed E-state index contributed by atoms with van der Waals surface area (Å²) in [7, 11) is 3.44. The Bertz CT molecular complexity index is 890. The van der Waals surface area contributed by atoms with Gasteiger partial charge in [-0.2, -0.15) is 20.2 Å². The zero-order valence-corrected chi connectivity index (χ0v) is 13.8. The SMILES string of the molecule is COc1ccc(N(C)c2nc(C#N)nc(Nc3ccccc3)n2)cc1. The fourth-order valence-corrected chi connectivity index (χ4v) is 2.19. The molecular weight excluding hydrogens is 316 g/mol. The maximum absolute atomic E-state index is 9.21. The van der Waals surface area contributed by atoms with E-state index in [4.69, 9.17) is 4.74 Å². The summed E-state index contributed by atoms with van der Waals surface area (Å²) in [6.07, 6.45) is 0. The molecule has 0 aliphatic rings. The van der Waals surface area contributed by atoms with Crippen LogP contribution >= 0.6 is 0 Å². The number of hydrogen-bond acceptors (Lipinski definition) is 7. The van der Waals surface area contributed by atoms with Gasteiger partial charge >= 0.3 is 0 Å². The lowest BCUT2D eigenvalue weighted by Gasteiger charge is -2.18. The Morgan fingerprint density at radius 2 is 1.72 bits per heavy atom. The molecule has 0 unspecified atom stereocenters. The summed E-state index contributed by atoms with van der Waals surface area (Å²) in [5.41, 5.74) is 1.69. The van der Waals surface area contributed by atoms with Crippen LogP contribution in [-0.4, -0.2) is 29.1 Å². The van der Waals surface area contributed by atoms with E-state index in [2.05, 4.69) is 20.3 Å². The van der Waals surface area contributed by atoms with Crippen molar-refractivity contribution in [1.82, 2.24) is 15.0 Å². The molecule has 0 saturated carbocycles. The first-order valence-corrected chi connectivity index (χ1v) is 7.55. The summed E-state index contributed by atoms with van der Waals surface area (Å²) < 4.78 is 5.16.